The van der Waals surface area contributed by atoms with Crippen LogP contribution in [0.2, 0.25) is 0 Å². The van der Waals surface area contributed by atoms with Crippen LogP contribution in [0.3, 0.4) is 0 Å². The Balaban J connectivity index is 1.85. The Kier molecular flexibility index (Phi) is 6.39. The average molecular weight is 424 g/mol. The molecule has 3 rings (SSSR count). The van der Waals surface area contributed by atoms with E-state index in [1.807, 2.05) is 6.92 Å². The highest BCUT2D eigenvalue weighted by Crippen LogP contribution is 2.23. The van der Waals surface area contributed by atoms with Crippen LogP contribution in [0.5, 0.6) is 0 Å². The van der Waals surface area contributed by atoms with Crippen LogP contribution in [0, 0.1) is 10.1 Å². The molecule has 3 aromatic rings. The lowest BCUT2D eigenvalue weighted by molar-refractivity contribution is -0.383. The van der Waals surface area contributed by atoms with E-state index in [1.54, 1.807) is 24.3 Å². The summed E-state index contributed by atoms with van der Waals surface area (Å²) < 4.78 is 6.44. The summed E-state index contributed by atoms with van der Waals surface area (Å²) in [7, 11) is 0. The minimum atomic E-state index is -1.26. The van der Waals surface area contributed by atoms with Crippen molar-refractivity contribution in [1.82, 2.24) is 9.78 Å². The summed E-state index contributed by atoms with van der Waals surface area (Å²) in [6.45, 7) is 3.53. The van der Waals surface area contributed by atoms with E-state index in [-0.39, 0.29) is 22.6 Å². The van der Waals surface area contributed by atoms with Crippen molar-refractivity contribution in [1.29, 1.82) is 0 Å². The standard InChI is InChI=1S/C21H20N4O6/c1-3-12-24-20(27)15-9-5-4-8-14(15)18(23-24)21(28)31-13(2)19(26)22-16-10-6-7-11-17(16)25(29)30/h4-11,13H,3,12H2,1-2H3,(H,22,26). The lowest BCUT2D eigenvalue weighted by atomic mass is 10.1. The van der Waals surface area contributed by atoms with Crippen molar-refractivity contribution < 1.29 is 19.2 Å². The lowest BCUT2D eigenvalue weighted by Gasteiger charge is -2.15. The number of hydrogen-bond donors (Lipinski definition) is 1. The zero-order valence-corrected chi connectivity index (χ0v) is 16.9. The molecule has 31 heavy (non-hydrogen) atoms. The Morgan fingerprint density at radius 1 is 1.16 bits per heavy atom. The molecule has 1 aromatic heterocycles. The van der Waals surface area contributed by atoms with E-state index >= 15 is 0 Å². The van der Waals surface area contributed by atoms with Crippen molar-refractivity contribution in [2.75, 3.05) is 5.32 Å². The minimum Gasteiger partial charge on any atom is -0.448 e. The van der Waals surface area contributed by atoms with Crippen LogP contribution in [-0.2, 0) is 16.1 Å². The maximum absolute atomic E-state index is 12.8. The van der Waals surface area contributed by atoms with Crippen LogP contribution in [0.15, 0.2) is 53.3 Å². The number of ether oxygens (including phenoxy) is 1. The van der Waals surface area contributed by atoms with Gasteiger partial charge in [0, 0.05) is 18.0 Å². The molecule has 0 bridgehead atoms. The number of anilines is 1. The van der Waals surface area contributed by atoms with Crippen molar-refractivity contribution in [2.24, 2.45) is 0 Å². The van der Waals surface area contributed by atoms with Gasteiger partial charge in [0.1, 0.15) is 5.69 Å². The predicted molar refractivity (Wildman–Crippen MR) is 113 cm³/mol. The zero-order chi connectivity index (χ0) is 22.5. The molecular formula is C21H20N4O6. The first-order valence-electron chi connectivity index (χ1n) is 9.58. The van der Waals surface area contributed by atoms with Gasteiger partial charge in [-0.15, -0.1) is 0 Å². The maximum Gasteiger partial charge on any atom is 0.360 e. The summed E-state index contributed by atoms with van der Waals surface area (Å²) in [6, 6.07) is 12.1. The molecule has 1 amide bonds. The molecule has 0 saturated carbocycles. The van der Waals surface area contributed by atoms with Crippen molar-refractivity contribution >= 4 is 34.0 Å². The highest BCUT2D eigenvalue weighted by atomic mass is 16.6. The average Bonchev–Trinajstić information content (AvgIpc) is 2.76. The van der Waals surface area contributed by atoms with Crippen molar-refractivity contribution in [2.45, 2.75) is 32.9 Å². The van der Waals surface area contributed by atoms with E-state index in [0.29, 0.717) is 23.7 Å². The second kappa shape index (κ2) is 9.16. The molecule has 160 valence electrons. The molecule has 2 aromatic carbocycles. The van der Waals surface area contributed by atoms with Crippen LogP contribution in [0.1, 0.15) is 30.8 Å². The fraction of sp³-hybridized carbons (Fsp3) is 0.238. The predicted octanol–water partition coefficient (Wildman–Crippen LogP) is 2.90. The second-order valence-corrected chi connectivity index (χ2v) is 6.73. The number of carbonyl (C=O) groups excluding carboxylic acids is 2. The number of hydrogen-bond acceptors (Lipinski definition) is 7. The Morgan fingerprint density at radius 3 is 2.48 bits per heavy atom. The van der Waals surface area contributed by atoms with Gasteiger partial charge in [-0.25, -0.2) is 9.48 Å². The van der Waals surface area contributed by atoms with E-state index in [4.69, 9.17) is 4.74 Å². The number of benzene rings is 2. The highest BCUT2D eigenvalue weighted by molar-refractivity contribution is 6.04. The Labute approximate surface area is 176 Å². The number of nitrogens with one attached hydrogen (secondary N) is 1. The molecule has 1 atom stereocenters. The largest absolute Gasteiger partial charge is 0.448 e. The van der Waals surface area contributed by atoms with Gasteiger partial charge >= 0.3 is 5.97 Å². The van der Waals surface area contributed by atoms with Gasteiger partial charge in [0.05, 0.1) is 10.3 Å². The number of carbonyl (C=O) groups is 2. The maximum atomic E-state index is 12.8. The molecule has 0 aliphatic rings. The number of aryl methyl sites for hydroxylation is 1. The SMILES string of the molecule is CCCn1nc(C(=O)OC(C)C(=O)Nc2ccccc2[N+](=O)[O-])c2ccccc2c1=O. The number of para-hydroxylation sites is 2. The lowest BCUT2D eigenvalue weighted by Crippen LogP contribution is -2.32. The summed E-state index contributed by atoms with van der Waals surface area (Å²) in [5.74, 6) is -1.62. The first-order valence-corrected chi connectivity index (χ1v) is 9.58. The van der Waals surface area contributed by atoms with Crippen molar-refractivity contribution in [3.63, 3.8) is 0 Å². The van der Waals surface area contributed by atoms with Crippen LogP contribution in [-0.4, -0.2) is 32.7 Å². The van der Waals surface area contributed by atoms with Gasteiger partial charge in [-0.2, -0.15) is 5.10 Å². The monoisotopic (exact) mass is 424 g/mol. The highest BCUT2D eigenvalue weighted by Gasteiger charge is 2.25. The number of fused-ring (bicyclic) bond motifs is 1. The van der Waals surface area contributed by atoms with Crippen molar-refractivity contribution in [3.05, 3.63) is 74.7 Å². The topological polar surface area (TPSA) is 133 Å². The smallest absolute Gasteiger partial charge is 0.360 e. The number of rotatable bonds is 7. The molecule has 1 heterocycles. The van der Waals surface area contributed by atoms with Gasteiger partial charge in [0.25, 0.3) is 17.2 Å². The molecule has 0 radical (unpaired) electrons. The van der Waals surface area contributed by atoms with Gasteiger partial charge in [0.2, 0.25) is 0 Å². The molecule has 0 spiro atoms. The van der Waals surface area contributed by atoms with E-state index in [9.17, 15) is 24.5 Å². The summed E-state index contributed by atoms with van der Waals surface area (Å²) in [5, 5.41) is 18.3. The summed E-state index contributed by atoms with van der Waals surface area (Å²) in [5.41, 5.74) is -0.709. The molecule has 0 aliphatic heterocycles. The van der Waals surface area contributed by atoms with Crippen LogP contribution >= 0.6 is 0 Å². The number of aromatic nitrogens is 2. The molecule has 10 nitrogen and oxygen atoms in total. The van der Waals surface area contributed by atoms with E-state index in [1.165, 1.54) is 35.9 Å². The summed E-state index contributed by atoms with van der Waals surface area (Å²) in [6.07, 6.45) is -0.631. The fourth-order valence-corrected chi connectivity index (χ4v) is 2.99. The third-order valence-electron chi connectivity index (χ3n) is 4.51. The zero-order valence-electron chi connectivity index (χ0n) is 16.9. The molecule has 10 heteroatoms. The Bertz CT molecular complexity index is 1220. The summed E-state index contributed by atoms with van der Waals surface area (Å²) in [4.78, 5) is 48.3. The Hall–Kier alpha value is -4.08. The number of nitrogens with zero attached hydrogens (tertiary/aromatic N) is 3. The Morgan fingerprint density at radius 2 is 1.81 bits per heavy atom. The first-order chi connectivity index (χ1) is 14.8. The molecule has 0 fully saturated rings. The first kappa shape index (κ1) is 21.6. The van der Waals surface area contributed by atoms with E-state index in [0.717, 1.165) is 0 Å². The normalized spacial score (nSPS) is 11.7. The van der Waals surface area contributed by atoms with Gasteiger partial charge < -0.3 is 10.1 Å². The number of esters is 1. The molecule has 1 N–H and O–H groups in total. The minimum absolute atomic E-state index is 0.0135. The second-order valence-electron chi connectivity index (χ2n) is 6.73. The van der Waals surface area contributed by atoms with Crippen LogP contribution < -0.4 is 10.9 Å². The van der Waals surface area contributed by atoms with Gasteiger partial charge in [-0.3, -0.25) is 19.7 Å². The van der Waals surface area contributed by atoms with Gasteiger partial charge in [-0.05, 0) is 25.5 Å². The molecule has 1 unspecified atom stereocenters. The fourth-order valence-electron chi connectivity index (χ4n) is 2.99. The van der Waals surface area contributed by atoms with E-state index in [2.05, 4.69) is 10.4 Å². The third-order valence-corrected chi connectivity index (χ3v) is 4.51. The number of nitro groups is 1. The molecule has 0 aliphatic carbocycles. The third kappa shape index (κ3) is 4.58. The van der Waals surface area contributed by atoms with Crippen LogP contribution in [0.4, 0.5) is 11.4 Å². The van der Waals surface area contributed by atoms with Gasteiger partial charge in [-0.1, -0.05) is 37.3 Å². The van der Waals surface area contributed by atoms with Gasteiger partial charge in [0.15, 0.2) is 11.8 Å². The van der Waals surface area contributed by atoms with Crippen LogP contribution in [0.25, 0.3) is 10.8 Å². The number of nitro benzene ring substituents is 1. The quantitative estimate of drug-likeness (QED) is 0.350. The number of amides is 1. The van der Waals surface area contributed by atoms with Crippen molar-refractivity contribution in [3.8, 4) is 0 Å². The summed E-state index contributed by atoms with van der Waals surface area (Å²) >= 11 is 0. The molecular weight excluding hydrogens is 404 g/mol. The van der Waals surface area contributed by atoms with E-state index < -0.39 is 22.9 Å². The molecule has 0 saturated heterocycles.